The van der Waals surface area contributed by atoms with Gasteiger partial charge >= 0.3 is 0 Å². The second-order valence-electron chi connectivity index (χ2n) is 10.7. The third-order valence-corrected chi connectivity index (χ3v) is 8.46. The molecule has 0 saturated heterocycles. The molecule has 0 bridgehead atoms. The maximum atomic E-state index is 6.48. The Labute approximate surface area is 236 Å². The molecule has 5 aromatic carbocycles. The highest BCUT2D eigenvalue weighted by molar-refractivity contribution is 6.98. The van der Waals surface area contributed by atoms with Crippen LogP contribution in [0.3, 0.4) is 0 Å². The summed E-state index contributed by atoms with van der Waals surface area (Å²) in [7, 11) is 0. The first kappa shape index (κ1) is 24.3. The molecule has 2 aliphatic rings. The van der Waals surface area contributed by atoms with Gasteiger partial charge in [0.2, 0.25) is 0 Å². The lowest BCUT2D eigenvalue weighted by molar-refractivity contribution is 0.465. The summed E-state index contributed by atoms with van der Waals surface area (Å²) in [6.07, 6.45) is 1.93. The van der Waals surface area contributed by atoms with Gasteiger partial charge in [-0.3, -0.25) is 0 Å². The van der Waals surface area contributed by atoms with Crippen molar-refractivity contribution >= 4 is 28.7 Å². The van der Waals surface area contributed by atoms with E-state index in [1.165, 1.54) is 44.3 Å². The van der Waals surface area contributed by atoms with Crippen LogP contribution in [-0.2, 0) is 0 Å². The average molecular weight is 516 g/mol. The second-order valence-corrected chi connectivity index (χ2v) is 10.7. The summed E-state index contributed by atoms with van der Waals surface area (Å²) in [5.74, 6) is 3.53. The van der Waals surface area contributed by atoms with Crippen molar-refractivity contribution in [1.29, 1.82) is 0 Å². The Hall–Kier alpha value is -4.76. The lowest BCUT2D eigenvalue weighted by atomic mass is 9.35. The van der Waals surface area contributed by atoms with Crippen molar-refractivity contribution in [2.75, 3.05) is 0 Å². The first-order valence-electron chi connectivity index (χ1n) is 13.8. The first-order valence-corrected chi connectivity index (χ1v) is 13.8. The van der Waals surface area contributed by atoms with E-state index in [-0.39, 0.29) is 6.71 Å². The zero-order valence-electron chi connectivity index (χ0n) is 23.0. The Morgan fingerprint density at radius 1 is 0.650 bits per heavy atom. The van der Waals surface area contributed by atoms with Crippen LogP contribution in [-0.4, -0.2) is 6.71 Å². The van der Waals surface area contributed by atoms with Crippen molar-refractivity contribution in [2.24, 2.45) is 0 Å². The lowest BCUT2D eigenvalue weighted by Gasteiger charge is -2.33. The fraction of sp³-hybridized carbons (Fsp3) is 0.0811. The number of para-hydroxylation sites is 2. The van der Waals surface area contributed by atoms with Crippen LogP contribution >= 0.6 is 0 Å². The van der Waals surface area contributed by atoms with Gasteiger partial charge in [0.25, 0.3) is 6.71 Å². The standard InChI is InChI=1S/C37H29BO2/c1-5-23(2)24(3)29-11-10-12-30(25(29)4)27-19-17-26(18-20-27)28-21-35-37-36(22-28)40-34-16-9-7-14-32(34)38(37)31-13-6-8-15-33(31)39-35/h5-22H,1H2,2-4H3/b24-23+. The molecule has 7 rings (SSSR count). The molecule has 0 spiro atoms. The molecular weight excluding hydrogens is 487 g/mol. The monoisotopic (exact) mass is 516 g/mol. The van der Waals surface area contributed by atoms with Gasteiger partial charge in [0, 0.05) is 5.46 Å². The zero-order valence-corrected chi connectivity index (χ0v) is 23.0. The molecule has 192 valence electrons. The van der Waals surface area contributed by atoms with Gasteiger partial charge < -0.3 is 9.47 Å². The van der Waals surface area contributed by atoms with Crippen LogP contribution in [0.25, 0.3) is 27.8 Å². The van der Waals surface area contributed by atoms with Gasteiger partial charge in [0.15, 0.2) is 0 Å². The molecule has 2 heterocycles. The number of benzene rings is 5. The van der Waals surface area contributed by atoms with Crippen molar-refractivity contribution in [3.63, 3.8) is 0 Å². The van der Waals surface area contributed by atoms with Crippen molar-refractivity contribution in [3.05, 3.63) is 132 Å². The van der Waals surface area contributed by atoms with Gasteiger partial charge in [-0.15, -0.1) is 0 Å². The van der Waals surface area contributed by atoms with Gasteiger partial charge in [-0.25, -0.2) is 0 Å². The van der Waals surface area contributed by atoms with Crippen LogP contribution in [0.15, 0.2) is 121 Å². The van der Waals surface area contributed by atoms with Gasteiger partial charge in [-0.1, -0.05) is 91.5 Å². The van der Waals surface area contributed by atoms with Gasteiger partial charge in [0.05, 0.1) is 0 Å². The molecule has 2 aliphatic heterocycles. The van der Waals surface area contributed by atoms with E-state index in [4.69, 9.17) is 9.47 Å². The SMILES string of the molecule is C=C/C(C)=C(\C)c1cccc(-c2ccc(-c3cc4c5c(c3)Oc3ccccc3B5c3ccccc3O4)cc2)c1C. The van der Waals surface area contributed by atoms with Crippen molar-refractivity contribution in [3.8, 4) is 45.3 Å². The Balaban J connectivity index is 1.30. The molecule has 0 aliphatic carbocycles. The van der Waals surface area contributed by atoms with E-state index < -0.39 is 0 Å². The van der Waals surface area contributed by atoms with E-state index in [1.807, 2.05) is 18.2 Å². The quantitative estimate of drug-likeness (QED) is 0.174. The number of fused-ring (bicyclic) bond motifs is 4. The smallest absolute Gasteiger partial charge is 0.260 e. The van der Waals surface area contributed by atoms with Crippen LogP contribution < -0.4 is 25.9 Å². The largest absolute Gasteiger partial charge is 0.458 e. The second kappa shape index (κ2) is 9.46. The van der Waals surface area contributed by atoms with Crippen molar-refractivity contribution in [2.45, 2.75) is 20.8 Å². The summed E-state index contributed by atoms with van der Waals surface area (Å²) < 4.78 is 13.0. The fourth-order valence-electron chi connectivity index (χ4n) is 6.12. The van der Waals surface area contributed by atoms with Crippen LogP contribution in [0.4, 0.5) is 0 Å². The Bertz CT molecular complexity index is 1770. The number of ether oxygens (including phenoxy) is 2. The molecule has 0 fully saturated rings. The van der Waals surface area contributed by atoms with E-state index in [1.54, 1.807) is 0 Å². The normalized spacial score (nSPS) is 13.2. The molecular formula is C37H29BO2. The van der Waals surface area contributed by atoms with Crippen LogP contribution in [0.1, 0.15) is 25.0 Å². The Morgan fingerprint density at radius 2 is 1.23 bits per heavy atom. The molecule has 3 heteroatoms. The molecule has 0 radical (unpaired) electrons. The summed E-state index contributed by atoms with van der Waals surface area (Å²) in [4.78, 5) is 0. The first-order chi connectivity index (χ1) is 19.5. The predicted molar refractivity (Wildman–Crippen MR) is 168 cm³/mol. The number of hydrogen-bond acceptors (Lipinski definition) is 2. The summed E-state index contributed by atoms with van der Waals surface area (Å²) in [6, 6.07) is 36.3. The number of rotatable bonds is 4. The minimum Gasteiger partial charge on any atom is -0.458 e. The highest BCUT2D eigenvalue weighted by atomic mass is 16.5. The Kier molecular flexibility index (Phi) is 5.75. The molecule has 0 N–H and O–H groups in total. The van der Waals surface area contributed by atoms with E-state index in [2.05, 4.69) is 118 Å². The highest BCUT2D eigenvalue weighted by Gasteiger charge is 2.40. The maximum absolute atomic E-state index is 6.48. The summed E-state index contributed by atoms with van der Waals surface area (Å²) in [6.45, 7) is 10.5. The number of hydrogen-bond donors (Lipinski definition) is 0. The van der Waals surface area contributed by atoms with E-state index in [0.29, 0.717) is 0 Å². The predicted octanol–water partition coefficient (Wildman–Crippen LogP) is 8.04. The molecule has 0 saturated carbocycles. The molecule has 0 aromatic heterocycles. The zero-order chi connectivity index (χ0) is 27.4. The molecule has 0 amide bonds. The van der Waals surface area contributed by atoms with Gasteiger partial charge in [0.1, 0.15) is 23.0 Å². The minimum absolute atomic E-state index is 0.0915. The molecule has 2 nitrogen and oxygen atoms in total. The third kappa shape index (κ3) is 3.81. The van der Waals surface area contributed by atoms with Crippen LogP contribution in [0.2, 0.25) is 0 Å². The van der Waals surface area contributed by atoms with E-state index in [9.17, 15) is 0 Å². The Morgan fingerprint density at radius 3 is 1.82 bits per heavy atom. The molecule has 5 aromatic rings. The summed E-state index contributed by atoms with van der Waals surface area (Å²) >= 11 is 0. The van der Waals surface area contributed by atoms with Crippen LogP contribution in [0, 0.1) is 6.92 Å². The lowest BCUT2D eigenvalue weighted by Crippen LogP contribution is -2.57. The third-order valence-electron chi connectivity index (χ3n) is 8.46. The molecule has 40 heavy (non-hydrogen) atoms. The highest BCUT2D eigenvalue weighted by Crippen LogP contribution is 2.39. The molecule has 0 atom stereocenters. The topological polar surface area (TPSA) is 18.5 Å². The summed E-state index contributed by atoms with van der Waals surface area (Å²) in [5.41, 5.74) is 13.1. The molecule has 0 unspecified atom stereocenters. The van der Waals surface area contributed by atoms with Crippen molar-refractivity contribution < 1.29 is 9.47 Å². The minimum atomic E-state index is 0.0915. The van der Waals surface area contributed by atoms with Gasteiger partial charge in [-0.2, -0.15) is 0 Å². The van der Waals surface area contributed by atoms with Crippen molar-refractivity contribution in [1.82, 2.24) is 0 Å². The van der Waals surface area contributed by atoms with E-state index >= 15 is 0 Å². The fourth-order valence-corrected chi connectivity index (χ4v) is 6.12. The summed E-state index contributed by atoms with van der Waals surface area (Å²) in [5, 5.41) is 0. The average Bonchev–Trinajstić information content (AvgIpc) is 3.00. The number of allylic oxidation sites excluding steroid dienone is 3. The maximum Gasteiger partial charge on any atom is 0.260 e. The van der Waals surface area contributed by atoms with Gasteiger partial charge in [-0.05, 0) is 100 Å². The van der Waals surface area contributed by atoms with E-state index in [0.717, 1.165) is 39.6 Å². The van der Waals surface area contributed by atoms with Crippen LogP contribution in [0.5, 0.6) is 23.0 Å².